The molecule has 1 aromatic heterocycles. The molecule has 1 aromatic rings. The van der Waals surface area contributed by atoms with Gasteiger partial charge in [-0.3, -0.25) is 9.59 Å². The second kappa shape index (κ2) is 7.05. The summed E-state index contributed by atoms with van der Waals surface area (Å²) in [6.45, 7) is 5.95. The van der Waals surface area contributed by atoms with Gasteiger partial charge in [0.1, 0.15) is 5.82 Å². The van der Waals surface area contributed by atoms with Crippen LogP contribution in [0.2, 0.25) is 0 Å². The molecule has 142 valence electrons. The molecule has 0 unspecified atom stereocenters. The summed E-state index contributed by atoms with van der Waals surface area (Å²) in [5.74, 6) is 2.24. The zero-order valence-electron chi connectivity index (χ0n) is 15.8. The molecule has 26 heavy (non-hydrogen) atoms. The number of aryl methyl sites for hydroxylation is 2. The number of rotatable bonds is 6. The van der Waals surface area contributed by atoms with Gasteiger partial charge in [0.25, 0.3) is 0 Å². The maximum atomic E-state index is 13.1. The quantitative estimate of drug-likeness (QED) is 0.782. The Hall–Kier alpha value is -1.85. The summed E-state index contributed by atoms with van der Waals surface area (Å²) >= 11 is 0. The summed E-state index contributed by atoms with van der Waals surface area (Å²) < 4.78 is 2.06. The molecule has 1 aliphatic carbocycles. The van der Waals surface area contributed by atoms with Gasteiger partial charge in [-0.1, -0.05) is 6.92 Å². The SMILES string of the molecule is CCc1nccn1CCC(=O)N1CC[C@]2(CCCN(CC3CC3)C2=O)C1. The second-order valence-electron chi connectivity index (χ2n) is 8.28. The first-order chi connectivity index (χ1) is 12.6. The van der Waals surface area contributed by atoms with Crippen molar-refractivity contribution in [1.82, 2.24) is 19.4 Å². The van der Waals surface area contributed by atoms with E-state index in [1.54, 1.807) is 6.20 Å². The maximum Gasteiger partial charge on any atom is 0.230 e. The summed E-state index contributed by atoms with van der Waals surface area (Å²) in [7, 11) is 0. The van der Waals surface area contributed by atoms with Crippen molar-refractivity contribution in [2.75, 3.05) is 26.2 Å². The van der Waals surface area contributed by atoms with Crippen LogP contribution < -0.4 is 0 Å². The monoisotopic (exact) mass is 358 g/mol. The zero-order chi connectivity index (χ0) is 18.1. The molecule has 0 N–H and O–H groups in total. The minimum absolute atomic E-state index is 0.171. The molecular weight excluding hydrogens is 328 g/mol. The first-order valence-corrected chi connectivity index (χ1v) is 10.2. The van der Waals surface area contributed by atoms with E-state index >= 15 is 0 Å². The predicted molar refractivity (Wildman–Crippen MR) is 98.4 cm³/mol. The predicted octanol–water partition coefficient (Wildman–Crippen LogP) is 2.09. The van der Waals surface area contributed by atoms with Crippen molar-refractivity contribution >= 4 is 11.8 Å². The van der Waals surface area contributed by atoms with E-state index in [1.165, 1.54) is 12.8 Å². The molecule has 2 amide bonds. The van der Waals surface area contributed by atoms with Crippen LogP contribution in [0, 0.1) is 11.3 Å². The fraction of sp³-hybridized carbons (Fsp3) is 0.750. The van der Waals surface area contributed by atoms with Crippen molar-refractivity contribution in [3.05, 3.63) is 18.2 Å². The van der Waals surface area contributed by atoms with E-state index in [-0.39, 0.29) is 11.3 Å². The molecule has 4 rings (SSSR count). The van der Waals surface area contributed by atoms with Crippen molar-refractivity contribution in [2.24, 2.45) is 11.3 Å². The summed E-state index contributed by atoms with van der Waals surface area (Å²) in [5.41, 5.74) is -0.299. The molecule has 6 heteroatoms. The van der Waals surface area contributed by atoms with Gasteiger partial charge in [0.15, 0.2) is 0 Å². The van der Waals surface area contributed by atoms with Crippen LogP contribution in [0.4, 0.5) is 0 Å². The number of nitrogens with zero attached hydrogens (tertiary/aromatic N) is 4. The Morgan fingerprint density at radius 3 is 2.92 bits per heavy atom. The highest BCUT2D eigenvalue weighted by atomic mass is 16.2. The topological polar surface area (TPSA) is 58.4 Å². The fourth-order valence-corrected chi connectivity index (χ4v) is 4.63. The Morgan fingerprint density at radius 1 is 1.31 bits per heavy atom. The summed E-state index contributed by atoms with van der Waals surface area (Å²) in [6, 6.07) is 0. The van der Waals surface area contributed by atoms with E-state index in [1.807, 2.05) is 11.1 Å². The Bertz CT molecular complexity index is 681. The molecule has 6 nitrogen and oxygen atoms in total. The van der Waals surface area contributed by atoms with E-state index in [0.717, 1.165) is 57.1 Å². The molecule has 2 saturated heterocycles. The van der Waals surface area contributed by atoms with Crippen LogP contribution in [-0.2, 0) is 22.6 Å². The van der Waals surface area contributed by atoms with Gasteiger partial charge in [0.05, 0.1) is 5.41 Å². The number of imidazole rings is 1. The number of amides is 2. The lowest BCUT2D eigenvalue weighted by atomic mass is 9.78. The van der Waals surface area contributed by atoms with E-state index in [9.17, 15) is 9.59 Å². The molecule has 1 spiro atoms. The molecular formula is C20H30N4O2. The van der Waals surface area contributed by atoms with Crippen LogP contribution in [0.15, 0.2) is 12.4 Å². The van der Waals surface area contributed by atoms with Crippen LogP contribution in [0.3, 0.4) is 0 Å². The van der Waals surface area contributed by atoms with Gasteiger partial charge in [-0.25, -0.2) is 4.98 Å². The molecule has 3 heterocycles. The first-order valence-electron chi connectivity index (χ1n) is 10.2. The maximum absolute atomic E-state index is 13.1. The molecule has 0 radical (unpaired) electrons. The van der Waals surface area contributed by atoms with Gasteiger partial charge in [-0.05, 0) is 38.0 Å². The minimum Gasteiger partial charge on any atom is -0.342 e. The molecule has 3 fully saturated rings. The van der Waals surface area contributed by atoms with Crippen molar-refractivity contribution in [3.8, 4) is 0 Å². The van der Waals surface area contributed by atoms with Gasteiger partial charge < -0.3 is 14.4 Å². The third-order valence-corrected chi connectivity index (χ3v) is 6.39. The lowest BCUT2D eigenvalue weighted by Crippen LogP contribution is -2.51. The van der Waals surface area contributed by atoms with Crippen molar-refractivity contribution in [2.45, 2.75) is 58.4 Å². The van der Waals surface area contributed by atoms with Crippen molar-refractivity contribution in [3.63, 3.8) is 0 Å². The number of aromatic nitrogens is 2. The third kappa shape index (κ3) is 3.38. The standard InChI is InChI=1S/C20H30N4O2/c1-2-17-21-9-13-22(17)11-6-18(25)24-12-8-20(15-24)7-3-10-23(19(20)26)14-16-4-5-16/h9,13,16H,2-8,10-12,14-15H2,1H3/t20-/m1/s1. The van der Waals surface area contributed by atoms with Crippen LogP contribution in [0.1, 0.15) is 51.3 Å². The first kappa shape index (κ1) is 17.6. The average molecular weight is 358 g/mol. The minimum atomic E-state index is -0.299. The number of likely N-dealkylation sites (tertiary alicyclic amines) is 2. The van der Waals surface area contributed by atoms with E-state index in [4.69, 9.17) is 0 Å². The largest absolute Gasteiger partial charge is 0.342 e. The Kier molecular flexibility index (Phi) is 4.76. The zero-order valence-corrected chi connectivity index (χ0v) is 15.8. The highest BCUT2D eigenvalue weighted by Gasteiger charge is 2.49. The number of carbonyl (C=O) groups is 2. The average Bonchev–Trinajstić information content (AvgIpc) is 3.18. The van der Waals surface area contributed by atoms with E-state index < -0.39 is 0 Å². The summed E-state index contributed by atoms with van der Waals surface area (Å²) in [4.78, 5) is 34.1. The smallest absolute Gasteiger partial charge is 0.230 e. The number of carbonyl (C=O) groups excluding carboxylic acids is 2. The van der Waals surface area contributed by atoms with Crippen molar-refractivity contribution in [1.29, 1.82) is 0 Å². The van der Waals surface area contributed by atoms with Gasteiger partial charge >= 0.3 is 0 Å². The Morgan fingerprint density at radius 2 is 2.15 bits per heavy atom. The summed E-state index contributed by atoms with van der Waals surface area (Å²) in [6.07, 6.45) is 10.5. The van der Waals surface area contributed by atoms with Crippen LogP contribution in [0.25, 0.3) is 0 Å². The number of hydrogen-bond acceptors (Lipinski definition) is 3. The van der Waals surface area contributed by atoms with Crippen LogP contribution in [-0.4, -0.2) is 57.3 Å². The fourth-order valence-electron chi connectivity index (χ4n) is 4.63. The molecule has 3 aliphatic rings. The molecule has 1 saturated carbocycles. The Balaban J connectivity index is 1.34. The molecule has 2 aliphatic heterocycles. The van der Waals surface area contributed by atoms with Crippen LogP contribution in [0.5, 0.6) is 0 Å². The highest BCUT2D eigenvalue weighted by Crippen LogP contribution is 2.41. The number of hydrogen-bond donors (Lipinski definition) is 0. The van der Waals surface area contributed by atoms with E-state index in [0.29, 0.717) is 25.4 Å². The van der Waals surface area contributed by atoms with Gasteiger partial charge in [0, 0.05) is 58.0 Å². The lowest BCUT2D eigenvalue weighted by Gasteiger charge is -2.39. The van der Waals surface area contributed by atoms with Gasteiger partial charge in [0.2, 0.25) is 11.8 Å². The highest BCUT2D eigenvalue weighted by molar-refractivity contribution is 5.86. The van der Waals surface area contributed by atoms with Crippen molar-refractivity contribution < 1.29 is 9.59 Å². The third-order valence-electron chi connectivity index (χ3n) is 6.39. The van der Waals surface area contributed by atoms with Gasteiger partial charge in [-0.2, -0.15) is 0 Å². The molecule has 1 atom stereocenters. The number of piperidine rings is 1. The second-order valence-corrected chi connectivity index (χ2v) is 8.28. The molecule has 0 aromatic carbocycles. The summed E-state index contributed by atoms with van der Waals surface area (Å²) in [5, 5.41) is 0. The normalized spacial score (nSPS) is 26.1. The van der Waals surface area contributed by atoms with Gasteiger partial charge in [-0.15, -0.1) is 0 Å². The lowest BCUT2D eigenvalue weighted by molar-refractivity contribution is -0.146. The van der Waals surface area contributed by atoms with Crippen LogP contribution >= 0.6 is 0 Å². The van der Waals surface area contributed by atoms with E-state index in [2.05, 4.69) is 21.4 Å². The molecule has 0 bridgehead atoms. The Labute approximate surface area is 155 Å².